The second kappa shape index (κ2) is 19.4. The maximum Gasteiger partial charge on any atom is 0.266 e. The number of phenolic OH excluding ortho intramolecular Hbond substituents is 2. The van der Waals surface area contributed by atoms with Crippen LogP contribution in [-0.2, 0) is 45.3 Å². The van der Waals surface area contributed by atoms with Crippen LogP contribution in [0, 0.1) is 6.92 Å². The van der Waals surface area contributed by atoms with Gasteiger partial charge in [0.1, 0.15) is 47.8 Å². The summed E-state index contributed by atoms with van der Waals surface area (Å²) >= 11 is 0. The van der Waals surface area contributed by atoms with Crippen molar-refractivity contribution >= 4 is 29.5 Å². The Bertz CT molecular complexity index is 2380. The number of nitrogens with one attached hydrogen (secondary N) is 1. The molecule has 4 aromatic rings. The third-order valence-electron chi connectivity index (χ3n) is 11.9. The fourth-order valence-corrected chi connectivity index (χ4v) is 8.45. The fourth-order valence-electron chi connectivity index (χ4n) is 8.45. The lowest BCUT2D eigenvalue weighted by Gasteiger charge is -2.34. The van der Waals surface area contributed by atoms with E-state index in [-0.39, 0.29) is 78.3 Å². The lowest BCUT2D eigenvalue weighted by molar-refractivity contribution is -0.136. The largest absolute Gasteiger partial charge is 0.507 e. The fraction of sp³-hybridized carbons (Fsp3) is 0.383. The number of fused-ring (bicyclic) bond motifs is 2. The first-order valence-electron chi connectivity index (χ1n) is 21.3. The third-order valence-corrected chi connectivity index (χ3v) is 11.9. The summed E-state index contributed by atoms with van der Waals surface area (Å²) < 4.78 is 23.4. The number of phenols is 2. The number of carbonyl (C=O) groups excluding carboxylic acids is 5. The Morgan fingerprint density at radius 3 is 2.25 bits per heavy atom. The number of rotatable bonds is 17. The molecule has 2 fully saturated rings. The highest BCUT2D eigenvalue weighted by Gasteiger charge is 2.46. The summed E-state index contributed by atoms with van der Waals surface area (Å²) in [6.07, 6.45) is 0.127. The summed E-state index contributed by atoms with van der Waals surface area (Å²) in [5.74, 6) is -2.71. The van der Waals surface area contributed by atoms with E-state index in [9.17, 15) is 34.2 Å². The molecular weight excluding hydrogens is 811 g/mol. The molecule has 16 heteroatoms. The first-order valence-corrected chi connectivity index (χ1v) is 21.3. The molecule has 4 heterocycles. The molecule has 330 valence electrons. The number of aromatic hydroxyl groups is 2. The zero-order valence-corrected chi connectivity index (χ0v) is 35.2. The van der Waals surface area contributed by atoms with Gasteiger partial charge in [0.05, 0.1) is 37.6 Å². The standard InChI is InChI=1S/C47H51N5O11/c1-30-37(53)25-38(54)42(43(30)63-29-31-6-3-2-4-7-31)46(58)51-27-33-11-10-32(24-34(33)28-51)26-50-16-14-49(15-17-50)18-19-60-20-21-61-22-23-62-39-9-5-8-35-41(39)47(59)52(45(35)57)36-12-13-40(55)48-44(36)56/h2-11,24-25,36,53-54H,12-23,26-29H2,1H3,(H,48,55,56). The highest BCUT2D eigenvalue weighted by atomic mass is 16.5. The van der Waals surface area contributed by atoms with Crippen LogP contribution in [0.3, 0.4) is 0 Å². The van der Waals surface area contributed by atoms with Crippen molar-refractivity contribution in [1.29, 1.82) is 0 Å². The van der Waals surface area contributed by atoms with Crippen LogP contribution in [0.2, 0.25) is 0 Å². The lowest BCUT2D eigenvalue weighted by atomic mass is 10.0. The van der Waals surface area contributed by atoms with Crippen molar-refractivity contribution in [1.82, 2.24) is 24.9 Å². The van der Waals surface area contributed by atoms with Gasteiger partial charge in [0.25, 0.3) is 17.7 Å². The number of piperazine rings is 1. The summed E-state index contributed by atoms with van der Waals surface area (Å²) in [5.41, 5.74) is 4.91. The smallest absolute Gasteiger partial charge is 0.266 e. The summed E-state index contributed by atoms with van der Waals surface area (Å²) in [6, 6.07) is 20.8. The van der Waals surface area contributed by atoms with Gasteiger partial charge in [-0.25, -0.2) is 0 Å². The van der Waals surface area contributed by atoms with Crippen molar-refractivity contribution in [3.63, 3.8) is 0 Å². The first kappa shape index (κ1) is 43.3. The van der Waals surface area contributed by atoms with E-state index in [1.54, 1.807) is 24.0 Å². The average molecular weight is 862 g/mol. The van der Waals surface area contributed by atoms with Crippen LogP contribution in [0.15, 0.2) is 72.8 Å². The van der Waals surface area contributed by atoms with E-state index < -0.39 is 29.7 Å². The minimum Gasteiger partial charge on any atom is -0.507 e. The van der Waals surface area contributed by atoms with Crippen molar-refractivity contribution < 1.29 is 53.1 Å². The molecule has 63 heavy (non-hydrogen) atoms. The van der Waals surface area contributed by atoms with Crippen LogP contribution in [0.25, 0.3) is 0 Å². The van der Waals surface area contributed by atoms with E-state index in [0.717, 1.165) is 60.9 Å². The van der Waals surface area contributed by atoms with Crippen molar-refractivity contribution in [2.24, 2.45) is 0 Å². The topological polar surface area (TPSA) is 188 Å². The molecule has 0 spiro atoms. The van der Waals surface area contributed by atoms with Gasteiger partial charge < -0.3 is 34.1 Å². The molecule has 0 aliphatic carbocycles. The van der Waals surface area contributed by atoms with Crippen LogP contribution in [0.4, 0.5) is 0 Å². The van der Waals surface area contributed by atoms with E-state index in [1.807, 2.05) is 30.3 Å². The van der Waals surface area contributed by atoms with Gasteiger partial charge in [-0.05, 0) is 47.7 Å². The Morgan fingerprint density at radius 2 is 1.48 bits per heavy atom. The highest BCUT2D eigenvalue weighted by Crippen LogP contribution is 2.40. The average Bonchev–Trinajstić information content (AvgIpc) is 3.82. The van der Waals surface area contributed by atoms with Crippen LogP contribution in [-0.4, -0.2) is 131 Å². The molecule has 4 aliphatic heterocycles. The SMILES string of the molecule is Cc1c(O)cc(O)c(C(=O)N2Cc3ccc(CN4CCN(CCOCCOCCOc5cccc6c5C(=O)N(C5CCC(=O)NC5=O)C6=O)CC4)cc3C2)c1OCc1ccccc1. The number of carbonyl (C=O) groups is 5. The van der Waals surface area contributed by atoms with Crippen molar-refractivity contribution in [2.45, 2.75) is 52.0 Å². The minimum atomic E-state index is -1.04. The number of imide groups is 2. The zero-order chi connectivity index (χ0) is 44.0. The Morgan fingerprint density at radius 1 is 0.746 bits per heavy atom. The number of hydrogen-bond acceptors (Lipinski definition) is 13. The number of amides is 5. The maximum atomic E-state index is 13.9. The number of benzene rings is 4. The molecule has 16 nitrogen and oxygen atoms in total. The molecule has 4 aromatic carbocycles. The lowest BCUT2D eigenvalue weighted by Crippen LogP contribution is -2.54. The van der Waals surface area contributed by atoms with Gasteiger partial charge in [-0.15, -0.1) is 0 Å². The molecule has 1 unspecified atom stereocenters. The molecule has 0 radical (unpaired) electrons. The van der Waals surface area contributed by atoms with Gasteiger partial charge in [-0.1, -0.05) is 54.6 Å². The van der Waals surface area contributed by atoms with Crippen LogP contribution in [0.5, 0.6) is 23.0 Å². The molecule has 0 aromatic heterocycles. The second-order valence-corrected chi connectivity index (χ2v) is 16.1. The Labute approximate surface area is 364 Å². The van der Waals surface area contributed by atoms with Crippen LogP contribution in [0.1, 0.15) is 71.7 Å². The normalized spacial score (nSPS) is 17.8. The van der Waals surface area contributed by atoms with Gasteiger partial charge in [0.2, 0.25) is 11.8 Å². The van der Waals surface area contributed by atoms with Crippen molar-refractivity contribution in [3.8, 4) is 23.0 Å². The Balaban J connectivity index is 0.721. The molecule has 5 amide bonds. The number of hydrogen-bond donors (Lipinski definition) is 3. The number of ether oxygens (including phenoxy) is 4. The van der Waals surface area contributed by atoms with E-state index in [0.29, 0.717) is 38.5 Å². The van der Waals surface area contributed by atoms with E-state index in [1.165, 1.54) is 17.7 Å². The summed E-state index contributed by atoms with van der Waals surface area (Å²) in [7, 11) is 0. The van der Waals surface area contributed by atoms with Gasteiger partial charge in [0, 0.05) is 70.4 Å². The van der Waals surface area contributed by atoms with E-state index >= 15 is 0 Å². The monoisotopic (exact) mass is 861 g/mol. The first-order chi connectivity index (χ1) is 30.5. The van der Waals surface area contributed by atoms with Gasteiger partial charge in [-0.2, -0.15) is 0 Å². The molecule has 4 aliphatic rings. The summed E-state index contributed by atoms with van der Waals surface area (Å²) in [6.45, 7) is 9.64. The number of piperidine rings is 1. The summed E-state index contributed by atoms with van der Waals surface area (Å²) in [5, 5.41) is 23.5. The van der Waals surface area contributed by atoms with Crippen LogP contribution < -0.4 is 14.8 Å². The predicted molar refractivity (Wildman–Crippen MR) is 227 cm³/mol. The predicted octanol–water partition coefficient (Wildman–Crippen LogP) is 3.77. The third kappa shape index (κ3) is 9.69. The maximum absolute atomic E-state index is 13.9. The minimum absolute atomic E-state index is 0.0459. The van der Waals surface area contributed by atoms with Gasteiger partial charge in [0.15, 0.2) is 0 Å². The number of nitrogens with zero attached hydrogens (tertiary/aromatic N) is 4. The quantitative estimate of drug-likeness (QED) is 0.103. The molecule has 2 saturated heterocycles. The molecule has 3 N–H and O–H groups in total. The highest BCUT2D eigenvalue weighted by molar-refractivity contribution is 6.24. The van der Waals surface area contributed by atoms with Gasteiger partial charge >= 0.3 is 0 Å². The molecule has 0 saturated carbocycles. The molecule has 1 atom stereocenters. The zero-order valence-electron chi connectivity index (χ0n) is 35.2. The summed E-state index contributed by atoms with van der Waals surface area (Å²) in [4.78, 5) is 71.6. The molecule has 8 rings (SSSR count). The van der Waals surface area contributed by atoms with Crippen molar-refractivity contribution in [2.75, 3.05) is 65.8 Å². The van der Waals surface area contributed by atoms with Crippen LogP contribution >= 0.6 is 0 Å². The van der Waals surface area contributed by atoms with E-state index in [2.05, 4.69) is 33.3 Å². The molecule has 0 bridgehead atoms. The molecular formula is C47H51N5O11. The van der Waals surface area contributed by atoms with Crippen molar-refractivity contribution in [3.05, 3.63) is 117 Å². The Kier molecular flexibility index (Phi) is 13.3. The van der Waals surface area contributed by atoms with Gasteiger partial charge in [-0.3, -0.25) is 44.0 Å². The Hall–Kier alpha value is -6.33. The second-order valence-electron chi connectivity index (χ2n) is 16.1. The van der Waals surface area contributed by atoms with E-state index in [4.69, 9.17) is 18.9 Å².